The van der Waals surface area contributed by atoms with E-state index < -0.39 is 31.9 Å². The highest BCUT2D eigenvalue weighted by Crippen LogP contribution is 2.48. The van der Waals surface area contributed by atoms with Crippen LogP contribution in [-0.2, 0) is 23.4 Å². The lowest BCUT2D eigenvalue weighted by Crippen LogP contribution is -2.67. The fourth-order valence-corrected chi connectivity index (χ4v) is 11.5. The zero-order valence-electron chi connectivity index (χ0n) is 26.6. The Morgan fingerprint density at radius 1 is 0.953 bits per heavy atom. The first kappa shape index (κ1) is 31.8. The summed E-state index contributed by atoms with van der Waals surface area (Å²) in [4.78, 5) is 19.5. The van der Waals surface area contributed by atoms with Gasteiger partial charge in [0.15, 0.2) is 10.9 Å². The van der Waals surface area contributed by atoms with Crippen LogP contribution < -0.4 is 15.3 Å². The Balaban J connectivity index is 1.44. The van der Waals surface area contributed by atoms with Crippen LogP contribution in [0.2, 0.25) is 5.04 Å². The summed E-state index contributed by atoms with van der Waals surface area (Å²) in [5.41, 5.74) is -0.605. The molecule has 8 nitrogen and oxygen atoms in total. The van der Waals surface area contributed by atoms with E-state index >= 15 is 0 Å². The maximum atomic E-state index is 12.7. The van der Waals surface area contributed by atoms with Crippen molar-refractivity contribution in [1.29, 1.82) is 0 Å². The summed E-state index contributed by atoms with van der Waals surface area (Å²) in [7, 11) is -1.12. The molecular weight excluding hydrogens is 581 g/mol. The zero-order valence-corrected chi connectivity index (χ0v) is 28.4. The molecule has 5 rings (SSSR count). The third-order valence-electron chi connectivity index (χ3n) is 7.78. The number of carbonyl (C=O) groups excluding carboxylic acids is 1. The largest absolute Gasteiger partial charge is 0.443 e. The number of carbonyl (C=O) groups is 1. The number of amides is 1. The maximum absolute atomic E-state index is 12.7. The van der Waals surface area contributed by atoms with Gasteiger partial charge in [-0.2, -0.15) is 0 Å². The maximum Gasteiger partial charge on any atom is 0.416 e. The molecule has 2 fully saturated rings. The topological polar surface area (TPSA) is 79.4 Å². The van der Waals surface area contributed by atoms with Gasteiger partial charge in [0.05, 0.1) is 11.5 Å². The van der Waals surface area contributed by atoms with E-state index in [2.05, 4.69) is 74.3 Å². The highest BCUT2D eigenvalue weighted by atomic mass is 32.1. The molecule has 2 aliphatic rings. The van der Waals surface area contributed by atoms with Crippen LogP contribution in [0.3, 0.4) is 0 Å². The Labute approximate surface area is 260 Å². The molecule has 0 aliphatic carbocycles. The molecule has 4 atom stereocenters. The number of aromatic nitrogens is 1. The van der Waals surface area contributed by atoms with Crippen molar-refractivity contribution in [3.63, 3.8) is 0 Å². The van der Waals surface area contributed by atoms with Crippen molar-refractivity contribution >= 4 is 41.3 Å². The van der Waals surface area contributed by atoms with Crippen LogP contribution in [0.4, 0.5) is 9.93 Å². The van der Waals surface area contributed by atoms with Gasteiger partial charge in [-0.15, -0.1) is 0 Å². The normalized spacial score (nSPS) is 23.7. The van der Waals surface area contributed by atoms with E-state index in [9.17, 15) is 4.79 Å². The van der Waals surface area contributed by atoms with Gasteiger partial charge in [-0.05, 0) is 50.0 Å². The average Bonchev–Trinajstić information content (AvgIpc) is 3.62. The summed E-state index contributed by atoms with van der Waals surface area (Å²) >= 11 is 1.39. The van der Waals surface area contributed by atoms with Crippen molar-refractivity contribution in [2.75, 3.05) is 18.6 Å². The van der Waals surface area contributed by atoms with Gasteiger partial charge in [0.1, 0.15) is 30.0 Å². The number of nitrogens with zero attached hydrogens (tertiary/aromatic N) is 2. The smallest absolute Gasteiger partial charge is 0.416 e. The fraction of sp³-hybridized carbons (Fsp3) is 0.515. The van der Waals surface area contributed by atoms with E-state index in [1.165, 1.54) is 26.6 Å². The van der Waals surface area contributed by atoms with Gasteiger partial charge in [0.25, 0.3) is 8.32 Å². The molecule has 0 spiro atoms. The summed E-state index contributed by atoms with van der Waals surface area (Å²) in [6.07, 6.45) is -0.166. The number of anilines is 1. The Kier molecular flexibility index (Phi) is 8.67. The highest BCUT2D eigenvalue weighted by Gasteiger charge is 2.58. The second kappa shape index (κ2) is 11.7. The van der Waals surface area contributed by atoms with Gasteiger partial charge in [0, 0.05) is 13.2 Å². The first-order chi connectivity index (χ1) is 20.1. The van der Waals surface area contributed by atoms with Gasteiger partial charge in [-0.3, -0.25) is 4.90 Å². The molecule has 2 aromatic carbocycles. The Hall–Kier alpha value is -2.60. The lowest BCUT2D eigenvalue weighted by molar-refractivity contribution is -0.190. The van der Waals surface area contributed by atoms with Gasteiger partial charge in [-0.25, -0.2) is 9.78 Å². The molecule has 43 heavy (non-hydrogen) atoms. The molecule has 2 aliphatic heterocycles. The van der Waals surface area contributed by atoms with Crippen molar-refractivity contribution in [1.82, 2.24) is 4.98 Å². The van der Waals surface area contributed by atoms with Crippen LogP contribution >= 0.6 is 11.3 Å². The lowest BCUT2D eigenvalue weighted by atomic mass is 10.1. The third-order valence-corrected chi connectivity index (χ3v) is 13.9. The highest BCUT2D eigenvalue weighted by molar-refractivity contribution is 7.15. The van der Waals surface area contributed by atoms with E-state index in [1.807, 2.05) is 46.8 Å². The Morgan fingerprint density at radius 2 is 1.51 bits per heavy atom. The van der Waals surface area contributed by atoms with Gasteiger partial charge in [0.2, 0.25) is 0 Å². The summed E-state index contributed by atoms with van der Waals surface area (Å²) < 4.78 is 32.3. The molecule has 1 aromatic heterocycles. The van der Waals surface area contributed by atoms with E-state index in [0.29, 0.717) is 11.7 Å². The molecule has 232 valence electrons. The van der Waals surface area contributed by atoms with Crippen LogP contribution in [-0.4, -0.2) is 62.7 Å². The van der Waals surface area contributed by atoms with Crippen molar-refractivity contribution < 1.29 is 28.2 Å². The van der Waals surface area contributed by atoms with E-state index in [0.717, 1.165) is 4.88 Å². The summed E-state index contributed by atoms with van der Waals surface area (Å²) in [6.45, 7) is 16.5. The monoisotopic (exact) mass is 624 g/mol. The second-order valence-corrected chi connectivity index (χ2v) is 19.1. The fourth-order valence-electron chi connectivity index (χ4n) is 5.99. The minimum atomic E-state index is -2.79. The van der Waals surface area contributed by atoms with E-state index in [1.54, 1.807) is 13.2 Å². The number of benzene rings is 2. The number of thiazole rings is 1. The number of rotatable bonds is 7. The van der Waals surface area contributed by atoms with Gasteiger partial charge >= 0.3 is 6.09 Å². The summed E-state index contributed by atoms with van der Waals surface area (Å²) in [5, 5.41) is 2.77. The zero-order chi connectivity index (χ0) is 31.2. The van der Waals surface area contributed by atoms with Gasteiger partial charge in [-0.1, -0.05) is 92.8 Å². The molecule has 0 saturated carbocycles. The molecule has 0 unspecified atom stereocenters. The molecule has 2 saturated heterocycles. The third kappa shape index (κ3) is 6.45. The Bertz CT molecular complexity index is 1360. The molecule has 10 heteroatoms. The van der Waals surface area contributed by atoms with Crippen LogP contribution in [0.15, 0.2) is 66.9 Å². The molecule has 0 N–H and O–H groups in total. The molecule has 0 radical (unpaired) electrons. The van der Waals surface area contributed by atoms with Crippen molar-refractivity contribution in [3.8, 4) is 0 Å². The van der Waals surface area contributed by atoms with E-state index in [-0.39, 0.29) is 23.4 Å². The molecular formula is C33H44N2O6SSi. The average molecular weight is 625 g/mol. The SMILES string of the molecule is CN(C(=O)OC(C)(C)C)c1ncc([C@H]2O[C@H](CO[Si](c3ccccc3)(c3ccccc3)C(C)(C)C)[C@H]3OC(C)(C)O[C@H]32)s1. The number of hydrogen-bond donors (Lipinski definition) is 0. The van der Waals surface area contributed by atoms with Gasteiger partial charge < -0.3 is 23.4 Å². The molecule has 3 aromatic rings. The van der Waals surface area contributed by atoms with Crippen molar-refractivity contribution in [3.05, 3.63) is 71.7 Å². The van der Waals surface area contributed by atoms with Crippen LogP contribution in [0.5, 0.6) is 0 Å². The predicted molar refractivity (Wildman–Crippen MR) is 172 cm³/mol. The number of ether oxygens (including phenoxy) is 4. The molecule has 3 heterocycles. The standard InChI is InChI=1S/C33H44N2O6SSi/c1-31(2,3)41-30(36)35(9)29-34-20-25(42-29)27-28-26(39-33(7,8)40-28)24(38-27)21-37-43(32(4,5)6,22-16-12-10-13-17-22)23-18-14-11-15-19-23/h10-20,24,26-28H,21H2,1-9H3/t24-,26-,27-,28-/m1/s1. The summed E-state index contributed by atoms with van der Waals surface area (Å²) in [5.74, 6) is -0.770. The first-order valence-corrected chi connectivity index (χ1v) is 17.5. The van der Waals surface area contributed by atoms with Crippen molar-refractivity contribution in [2.24, 2.45) is 0 Å². The Morgan fingerprint density at radius 3 is 2.05 bits per heavy atom. The number of fused-ring (bicyclic) bond motifs is 1. The molecule has 0 bridgehead atoms. The number of hydrogen-bond acceptors (Lipinski definition) is 8. The van der Waals surface area contributed by atoms with E-state index in [4.69, 9.17) is 23.4 Å². The van der Waals surface area contributed by atoms with Crippen LogP contribution in [0.1, 0.15) is 66.4 Å². The quantitative estimate of drug-likeness (QED) is 0.296. The minimum Gasteiger partial charge on any atom is -0.443 e. The van der Waals surface area contributed by atoms with Crippen LogP contribution in [0.25, 0.3) is 0 Å². The molecule has 1 amide bonds. The van der Waals surface area contributed by atoms with Crippen LogP contribution in [0, 0.1) is 0 Å². The summed E-state index contributed by atoms with van der Waals surface area (Å²) in [6, 6.07) is 21.2. The second-order valence-electron chi connectivity index (χ2n) is 13.7. The first-order valence-electron chi connectivity index (χ1n) is 14.8. The predicted octanol–water partition coefficient (Wildman–Crippen LogP) is 6.05. The minimum absolute atomic E-state index is 0.168. The van der Waals surface area contributed by atoms with Crippen molar-refractivity contribution in [2.45, 2.75) is 96.2 Å². The lowest BCUT2D eigenvalue weighted by Gasteiger charge is -2.43.